The fraction of sp³-hybridized carbons (Fsp3) is 0.500. The molecule has 0 bridgehead atoms. The van der Waals surface area contributed by atoms with Gasteiger partial charge in [0.2, 0.25) is 8.32 Å². The van der Waals surface area contributed by atoms with Crippen molar-refractivity contribution in [2.24, 2.45) is 0 Å². The first-order valence-corrected chi connectivity index (χ1v) is 8.83. The van der Waals surface area contributed by atoms with Crippen LogP contribution >= 0.6 is 0 Å². The highest BCUT2D eigenvalue weighted by Crippen LogP contribution is 2.38. The van der Waals surface area contributed by atoms with E-state index in [1.54, 1.807) is 0 Å². The number of hydrogen-bond acceptors (Lipinski definition) is 2. The first-order chi connectivity index (χ1) is 7.69. The number of aldehydes is 1. The highest BCUT2D eigenvalue weighted by atomic mass is 28.4. The van der Waals surface area contributed by atoms with Crippen LogP contribution in [0, 0.1) is 6.92 Å². The fourth-order valence-corrected chi connectivity index (χ4v) is 2.37. The molecule has 0 N–H and O–H groups in total. The average Bonchev–Trinajstić information content (AvgIpc) is 2.19. The molecule has 0 saturated heterocycles. The molecule has 0 unspecified atom stereocenters. The van der Waals surface area contributed by atoms with E-state index in [0.717, 1.165) is 17.6 Å². The standard InChI is InChI=1S/C14H22O2Si/c1-11-12(10-15)8-7-9-13(11)16-17(5,6)14(2,3)4/h7-10H,1-6H3. The Bertz CT molecular complexity index is 417. The quantitative estimate of drug-likeness (QED) is 0.594. The van der Waals surface area contributed by atoms with Gasteiger partial charge in [0.1, 0.15) is 12.0 Å². The van der Waals surface area contributed by atoms with E-state index in [0.29, 0.717) is 5.56 Å². The molecule has 0 aliphatic carbocycles. The van der Waals surface area contributed by atoms with Crippen LogP contribution in [0.2, 0.25) is 18.1 Å². The Morgan fingerprint density at radius 2 is 1.82 bits per heavy atom. The highest BCUT2D eigenvalue weighted by Gasteiger charge is 2.39. The molecular formula is C14H22O2Si. The van der Waals surface area contributed by atoms with Crippen LogP contribution in [0.15, 0.2) is 18.2 Å². The zero-order valence-electron chi connectivity index (χ0n) is 11.6. The van der Waals surface area contributed by atoms with Crippen molar-refractivity contribution in [3.8, 4) is 5.75 Å². The molecule has 0 aliphatic heterocycles. The lowest BCUT2D eigenvalue weighted by molar-refractivity contribution is 0.112. The predicted molar refractivity (Wildman–Crippen MR) is 74.4 cm³/mol. The van der Waals surface area contributed by atoms with E-state index in [-0.39, 0.29) is 5.04 Å². The van der Waals surface area contributed by atoms with Crippen molar-refractivity contribution in [2.75, 3.05) is 0 Å². The second-order valence-electron chi connectivity index (χ2n) is 5.95. The fourth-order valence-electron chi connectivity index (χ4n) is 1.30. The van der Waals surface area contributed by atoms with Gasteiger partial charge in [0, 0.05) is 11.1 Å². The van der Waals surface area contributed by atoms with E-state index in [1.165, 1.54) is 0 Å². The summed E-state index contributed by atoms with van der Waals surface area (Å²) in [4.78, 5) is 10.9. The molecule has 1 aromatic carbocycles. The topological polar surface area (TPSA) is 26.3 Å². The summed E-state index contributed by atoms with van der Waals surface area (Å²) < 4.78 is 6.22. The molecule has 0 spiro atoms. The molecule has 94 valence electrons. The SMILES string of the molecule is Cc1c(C=O)cccc1O[Si](C)(C)C(C)(C)C. The third-order valence-corrected chi connectivity index (χ3v) is 7.97. The first kappa shape index (κ1) is 14.0. The van der Waals surface area contributed by atoms with Gasteiger partial charge in [-0.25, -0.2) is 0 Å². The van der Waals surface area contributed by atoms with Crippen LogP contribution in [0.1, 0.15) is 36.7 Å². The van der Waals surface area contributed by atoms with Crippen LogP contribution in [0.25, 0.3) is 0 Å². The van der Waals surface area contributed by atoms with Gasteiger partial charge in [-0.05, 0) is 31.1 Å². The smallest absolute Gasteiger partial charge is 0.250 e. The first-order valence-electron chi connectivity index (χ1n) is 5.93. The minimum Gasteiger partial charge on any atom is -0.543 e. The number of hydrogen-bond donors (Lipinski definition) is 0. The molecule has 0 aliphatic rings. The van der Waals surface area contributed by atoms with E-state index in [2.05, 4.69) is 33.9 Å². The lowest BCUT2D eigenvalue weighted by Gasteiger charge is -2.37. The van der Waals surface area contributed by atoms with E-state index in [1.807, 2.05) is 25.1 Å². The minimum absolute atomic E-state index is 0.163. The zero-order chi connectivity index (χ0) is 13.3. The van der Waals surface area contributed by atoms with Gasteiger partial charge in [-0.1, -0.05) is 32.9 Å². The van der Waals surface area contributed by atoms with Crippen molar-refractivity contribution < 1.29 is 9.22 Å². The third kappa shape index (κ3) is 2.97. The number of carbonyl (C=O) groups excluding carboxylic acids is 1. The molecule has 0 radical (unpaired) electrons. The van der Waals surface area contributed by atoms with Gasteiger partial charge < -0.3 is 4.43 Å². The van der Waals surface area contributed by atoms with Crippen molar-refractivity contribution >= 4 is 14.6 Å². The number of rotatable bonds is 3. The van der Waals surface area contributed by atoms with Crippen LogP contribution in [-0.4, -0.2) is 14.6 Å². The molecule has 0 amide bonds. The molecule has 17 heavy (non-hydrogen) atoms. The highest BCUT2D eigenvalue weighted by molar-refractivity contribution is 6.74. The minimum atomic E-state index is -1.83. The van der Waals surface area contributed by atoms with Gasteiger partial charge in [-0.3, -0.25) is 4.79 Å². The van der Waals surface area contributed by atoms with Gasteiger partial charge in [0.05, 0.1) is 0 Å². The second-order valence-corrected chi connectivity index (χ2v) is 10.7. The van der Waals surface area contributed by atoms with E-state index in [4.69, 9.17) is 4.43 Å². The Balaban J connectivity index is 3.08. The van der Waals surface area contributed by atoms with Gasteiger partial charge >= 0.3 is 0 Å². The predicted octanol–water partition coefficient (Wildman–Crippen LogP) is 4.19. The maximum Gasteiger partial charge on any atom is 0.250 e. The summed E-state index contributed by atoms with van der Waals surface area (Å²) in [5.74, 6) is 0.848. The maximum atomic E-state index is 10.9. The molecule has 0 saturated carbocycles. The molecular weight excluding hydrogens is 228 g/mol. The molecule has 1 rings (SSSR count). The van der Waals surface area contributed by atoms with Crippen LogP contribution in [0.3, 0.4) is 0 Å². The summed E-state index contributed by atoms with van der Waals surface area (Å²) in [5, 5.41) is 0.163. The Morgan fingerprint density at radius 3 is 2.29 bits per heavy atom. The van der Waals surface area contributed by atoms with Crippen molar-refractivity contribution in [1.29, 1.82) is 0 Å². The van der Waals surface area contributed by atoms with Crippen molar-refractivity contribution in [1.82, 2.24) is 0 Å². The van der Waals surface area contributed by atoms with Crippen molar-refractivity contribution in [3.63, 3.8) is 0 Å². The van der Waals surface area contributed by atoms with Crippen LogP contribution in [-0.2, 0) is 0 Å². The van der Waals surface area contributed by atoms with Gasteiger partial charge in [-0.15, -0.1) is 0 Å². The van der Waals surface area contributed by atoms with E-state index in [9.17, 15) is 4.79 Å². The maximum absolute atomic E-state index is 10.9. The Morgan fingerprint density at radius 1 is 1.24 bits per heavy atom. The molecule has 2 nitrogen and oxygen atoms in total. The number of carbonyl (C=O) groups is 1. The summed E-state index contributed by atoms with van der Waals surface area (Å²) in [5.41, 5.74) is 1.65. The van der Waals surface area contributed by atoms with E-state index >= 15 is 0 Å². The Kier molecular flexibility index (Phi) is 3.82. The number of benzene rings is 1. The van der Waals surface area contributed by atoms with Crippen LogP contribution in [0.5, 0.6) is 5.75 Å². The molecule has 0 atom stereocenters. The van der Waals surface area contributed by atoms with Crippen molar-refractivity contribution in [3.05, 3.63) is 29.3 Å². The van der Waals surface area contributed by atoms with Gasteiger partial charge in [0.15, 0.2) is 0 Å². The summed E-state index contributed by atoms with van der Waals surface area (Å²) in [7, 11) is -1.83. The van der Waals surface area contributed by atoms with Gasteiger partial charge in [0.25, 0.3) is 0 Å². The summed E-state index contributed by atoms with van der Waals surface area (Å²) in [6.45, 7) is 13.0. The molecule has 0 fully saturated rings. The summed E-state index contributed by atoms with van der Waals surface area (Å²) in [6.07, 6.45) is 0.883. The summed E-state index contributed by atoms with van der Waals surface area (Å²) >= 11 is 0. The monoisotopic (exact) mass is 250 g/mol. The Labute approximate surface area is 105 Å². The zero-order valence-corrected chi connectivity index (χ0v) is 12.6. The third-order valence-electron chi connectivity index (χ3n) is 3.62. The average molecular weight is 250 g/mol. The lowest BCUT2D eigenvalue weighted by atomic mass is 10.1. The normalized spacial score (nSPS) is 12.4. The van der Waals surface area contributed by atoms with Crippen molar-refractivity contribution in [2.45, 2.75) is 45.8 Å². The van der Waals surface area contributed by atoms with Gasteiger partial charge in [-0.2, -0.15) is 0 Å². The summed E-state index contributed by atoms with van der Waals surface area (Å²) in [6, 6.07) is 5.64. The molecule has 0 aromatic heterocycles. The molecule has 1 aromatic rings. The van der Waals surface area contributed by atoms with Crippen LogP contribution in [0.4, 0.5) is 0 Å². The lowest BCUT2D eigenvalue weighted by Crippen LogP contribution is -2.44. The van der Waals surface area contributed by atoms with E-state index < -0.39 is 8.32 Å². The second kappa shape index (κ2) is 4.65. The van der Waals surface area contributed by atoms with Crippen LogP contribution < -0.4 is 4.43 Å². The largest absolute Gasteiger partial charge is 0.543 e. The Hall–Kier alpha value is -1.09. The molecule has 3 heteroatoms. The molecule has 0 heterocycles.